The second kappa shape index (κ2) is 5.24. The zero-order valence-corrected chi connectivity index (χ0v) is 10.6. The number of benzene rings is 1. The summed E-state index contributed by atoms with van der Waals surface area (Å²) in [7, 11) is 0. The summed E-state index contributed by atoms with van der Waals surface area (Å²) >= 11 is 5.69. The third-order valence-corrected chi connectivity index (χ3v) is 3.70. The molecule has 2 N–H and O–H groups in total. The van der Waals surface area contributed by atoms with E-state index in [2.05, 4.69) is 5.32 Å². The molecule has 1 heterocycles. The Hall–Kier alpha value is -1.13. The lowest BCUT2D eigenvalue weighted by Crippen LogP contribution is -2.47. The van der Waals surface area contributed by atoms with Crippen molar-refractivity contribution < 1.29 is 14.3 Å². The Kier molecular flexibility index (Phi) is 3.88. The molecule has 98 valence electrons. The van der Waals surface area contributed by atoms with Gasteiger partial charge in [-0.15, -0.1) is 0 Å². The van der Waals surface area contributed by atoms with Crippen LogP contribution in [0.25, 0.3) is 0 Å². The van der Waals surface area contributed by atoms with Crippen molar-refractivity contribution in [3.63, 3.8) is 0 Å². The van der Waals surface area contributed by atoms with Crippen molar-refractivity contribution >= 4 is 17.6 Å². The zero-order chi connectivity index (χ0) is 13.2. The van der Waals surface area contributed by atoms with Gasteiger partial charge in [-0.3, -0.25) is 4.79 Å². The van der Waals surface area contributed by atoms with Crippen LogP contribution in [0.1, 0.15) is 18.4 Å². The van der Waals surface area contributed by atoms with Gasteiger partial charge in [0, 0.05) is 11.6 Å². The van der Waals surface area contributed by atoms with Gasteiger partial charge in [-0.2, -0.15) is 0 Å². The summed E-state index contributed by atoms with van der Waals surface area (Å²) in [6.07, 6.45) is 1.55. The molecule has 5 heteroatoms. The lowest BCUT2D eigenvalue weighted by atomic mass is 9.76. The first-order chi connectivity index (χ1) is 8.53. The minimum atomic E-state index is -0.910. The molecule has 1 aromatic rings. The first-order valence-corrected chi connectivity index (χ1v) is 6.29. The molecule has 1 atom stereocenters. The fraction of sp³-hybridized carbons (Fsp3) is 0.462. The molecule has 0 saturated carbocycles. The van der Waals surface area contributed by atoms with E-state index in [-0.39, 0.29) is 6.42 Å². The molecular formula is C13H15ClFNO2. The average molecular weight is 272 g/mol. The van der Waals surface area contributed by atoms with Gasteiger partial charge in [0.15, 0.2) is 0 Å². The first-order valence-electron chi connectivity index (χ1n) is 5.92. The highest BCUT2D eigenvalue weighted by Gasteiger charge is 2.40. The highest BCUT2D eigenvalue weighted by molar-refractivity contribution is 6.30. The van der Waals surface area contributed by atoms with Crippen molar-refractivity contribution in [2.45, 2.75) is 19.3 Å². The lowest BCUT2D eigenvalue weighted by Gasteiger charge is -2.33. The molecule has 1 aliphatic heterocycles. The predicted octanol–water partition coefficient (Wildman–Crippen LogP) is 2.48. The van der Waals surface area contributed by atoms with E-state index in [0.29, 0.717) is 23.6 Å². The molecule has 2 rings (SSSR count). The van der Waals surface area contributed by atoms with Gasteiger partial charge in [0.1, 0.15) is 5.82 Å². The Morgan fingerprint density at radius 1 is 1.56 bits per heavy atom. The van der Waals surface area contributed by atoms with Gasteiger partial charge in [0.25, 0.3) is 0 Å². The number of hydrogen-bond acceptors (Lipinski definition) is 2. The van der Waals surface area contributed by atoms with Crippen molar-refractivity contribution in [2.24, 2.45) is 5.41 Å². The van der Waals surface area contributed by atoms with Gasteiger partial charge in [-0.1, -0.05) is 17.7 Å². The van der Waals surface area contributed by atoms with E-state index in [1.807, 2.05) is 0 Å². The van der Waals surface area contributed by atoms with Crippen LogP contribution < -0.4 is 5.32 Å². The first kappa shape index (κ1) is 13.3. The molecule has 0 bridgehead atoms. The monoisotopic (exact) mass is 271 g/mol. The number of rotatable bonds is 3. The van der Waals surface area contributed by atoms with E-state index in [4.69, 9.17) is 11.6 Å². The number of aliphatic carboxylic acids is 1. The van der Waals surface area contributed by atoms with Gasteiger partial charge in [-0.25, -0.2) is 4.39 Å². The second-order valence-electron chi connectivity index (χ2n) is 4.78. The zero-order valence-electron chi connectivity index (χ0n) is 9.88. The molecule has 1 aliphatic rings. The molecule has 18 heavy (non-hydrogen) atoms. The summed E-state index contributed by atoms with van der Waals surface area (Å²) in [6, 6.07) is 4.38. The Labute approximate surface area is 110 Å². The van der Waals surface area contributed by atoms with Crippen LogP contribution in [-0.2, 0) is 11.2 Å². The van der Waals surface area contributed by atoms with Gasteiger partial charge in [-0.05, 0) is 43.5 Å². The Morgan fingerprint density at radius 2 is 2.33 bits per heavy atom. The van der Waals surface area contributed by atoms with E-state index in [1.165, 1.54) is 6.07 Å². The number of carboxylic acid groups (broad SMARTS) is 1. The van der Waals surface area contributed by atoms with E-state index >= 15 is 0 Å². The van der Waals surface area contributed by atoms with Crippen LogP contribution in [0.3, 0.4) is 0 Å². The number of piperidine rings is 1. The van der Waals surface area contributed by atoms with Crippen LogP contribution in [0.2, 0.25) is 5.02 Å². The van der Waals surface area contributed by atoms with Crippen LogP contribution >= 0.6 is 11.6 Å². The third kappa shape index (κ3) is 2.65. The van der Waals surface area contributed by atoms with E-state index in [0.717, 1.165) is 13.0 Å². The molecule has 0 aliphatic carbocycles. The second-order valence-corrected chi connectivity index (χ2v) is 5.21. The molecule has 1 fully saturated rings. The van der Waals surface area contributed by atoms with Crippen molar-refractivity contribution in [2.75, 3.05) is 13.1 Å². The Morgan fingerprint density at radius 3 is 2.89 bits per heavy atom. The van der Waals surface area contributed by atoms with E-state index in [1.54, 1.807) is 12.1 Å². The smallest absolute Gasteiger partial charge is 0.311 e. The maximum absolute atomic E-state index is 13.7. The van der Waals surface area contributed by atoms with Crippen molar-refractivity contribution in [3.05, 3.63) is 34.6 Å². The van der Waals surface area contributed by atoms with Gasteiger partial charge in [0.2, 0.25) is 0 Å². The predicted molar refractivity (Wildman–Crippen MR) is 67.3 cm³/mol. The quantitative estimate of drug-likeness (QED) is 0.888. The van der Waals surface area contributed by atoms with Gasteiger partial charge < -0.3 is 10.4 Å². The molecule has 3 nitrogen and oxygen atoms in total. The molecule has 0 amide bonds. The summed E-state index contributed by atoms with van der Waals surface area (Å²) in [4.78, 5) is 11.5. The number of carboxylic acids is 1. The molecule has 1 saturated heterocycles. The van der Waals surface area contributed by atoms with Crippen LogP contribution in [0.5, 0.6) is 0 Å². The fourth-order valence-corrected chi connectivity index (χ4v) is 2.57. The summed E-state index contributed by atoms with van der Waals surface area (Å²) in [6.45, 7) is 1.20. The van der Waals surface area contributed by atoms with Crippen LogP contribution in [0.4, 0.5) is 4.39 Å². The number of hydrogen-bond donors (Lipinski definition) is 2. The Balaban J connectivity index is 2.26. The summed E-state index contributed by atoms with van der Waals surface area (Å²) < 4.78 is 13.7. The molecule has 0 spiro atoms. The van der Waals surface area contributed by atoms with Crippen molar-refractivity contribution in [1.29, 1.82) is 0 Å². The summed E-state index contributed by atoms with van der Waals surface area (Å²) in [5.74, 6) is -1.31. The topological polar surface area (TPSA) is 49.3 Å². The fourth-order valence-electron chi connectivity index (χ4n) is 2.41. The largest absolute Gasteiger partial charge is 0.481 e. The highest BCUT2D eigenvalue weighted by atomic mass is 35.5. The summed E-state index contributed by atoms with van der Waals surface area (Å²) in [5.41, 5.74) is -0.502. The SMILES string of the molecule is O=C(O)C1(Cc2ccc(Cl)cc2F)CCCNC1. The maximum Gasteiger partial charge on any atom is 0.311 e. The van der Waals surface area contributed by atoms with Crippen LogP contribution in [-0.4, -0.2) is 24.2 Å². The molecule has 1 aromatic carbocycles. The number of halogens is 2. The molecule has 0 aromatic heterocycles. The molecular weight excluding hydrogens is 257 g/mol. The maximum atomic E-state index is 13.7. The average Bonchev–Trinajstić information content (AvgIpc) is 2.34. The van der Waals surface area contributed by atoms with Crippen LogP contribution in [0.15, 0.2) is 18.2 Å². The van der Waals surface area contributed by atoms with Gasteiger partial charge >= 0.3 is 5.97 Å². The third-order valence-electron chi connectivity index (χ3n) is 3.47. The standard InChI is InChI=1S/C13H15ClFNO2/c14-10-3-2-9(11(15)6-10)7-13(12(17)18)4-1-5-16-8-13/h2-3,6,16H,1,4-5,7-8H2,(H,17,18). The van der Waals surface area contributed by atoms with Gasteiger partial charge in [0.05, 0.1) is 5.41 Å². The van der Waals surface area contributed by atoms with Crippen LogP contribution in [0, 0.1) is 11.2 Å². The van der Waals surface area contributed by atoms with E-state index in [9.17, 15) is 14.3 Å². The number of carbonyl (C=O) groups is 1. The summed E-state index contributed by atoms with van der Waals surface area (Å²) in [5, 5.41) is 12.8. The normalized spacial score (nSPS) is 23.9. The Bertz CT molecular complexity index is 458. The van der Waals surface area contributed by atoms with Crippen molar-refractivity contribution in [1.82, 2.24) is 5.32 Å². The van der Waals surface area contributed by atoms with E-state index < -0.39 is 17.2 Å². The van der Waals surface area contributed by atoms with Crippen molar-refractivity contribution in [3.8, 4) is 0 Å². The molecule has 0 radical (unpaired) electrons. The molecule has 1 unspecified atom stereocenters. The lowest BCUT2D eigenvalue weighted by molar-refractivity contribution is -0.150. The minimum Gasteiger partial charge on any atom is -0.481 e. The highest BCUT2D eigenvalue weighted by Crippen LogP contribution is 2.32. The number of nitrogens with one attached hydrogen (secondary N) is 1. The minimum absolute atomic E-state index is 0.193.